The van der Waals surface area contributed by atoms with Crippen LogP contribution in [-0.4, -0.2) is 63.9 Å². The smallest absolute Gasteiger partial charge is 0.243 e. The number of sulfonamides is 1. The first-order valence-electron chi connectivity index (χ1n) is 12.0. The minimum atomic E-state index is -3.73. The molecule has 1 aliphatic heterocycles. The van der Waals surface area contributed by atoms with Crippen LogP contribution in [0.15, 0.2) is 47.4 Å². The van der Waals surface area contributed by atoms with Crippen molar-refractivity contribution in [1.29, 1.82) is 0 Å². The van der Waals surface area contributed by atoms with Gasteiger partial charge in [0, 0.05) is 38.1 Å². The molecule has 0 saturated carbocycles. The van der Waals surface area contributed by atoms with Gasteiger partial charge in [0.1, 0.15) is 0 Å². The number of nitrogens with zero attached hydrogens (tertiary/aromatic N) is 2. The van der Waals surface area contributed by atoms with Crippen molar-refractivity contribution >= 4 is 44.8 Å². The molecule has 9 nitrogen and oxygen atoms in total. The van der Waals surface area contributed by atoms with Crippen molar-refractivity contribution in [3.05, 3.63) is 53.1 Å². The number of halogens is 1. The molecule has 0 bridgehead atoms. The first-order valence-corrected chi connectivity index (χ1v) is 13.8. The van der Waals surface area contributed by atoms with Gasteiger partial charge in [0.05, 0.1) is 41.9 Å². The first-order chi connectivity index (χ1) is 17.2. The Balaban J connectivity index is 1.94. The second kappa shape index (κ2) is 12.5. The fourth-order valence-electron chi connectivity index (χ4n) is 4.20. The quantitative estimate of drug-likeness (QED) is 0.482. The van der Waals surface area contributed by atoms with Crippen LogP contribution in [0.25, 0.3) is 0 Å². The molecule has 0 radical (unpaired) electrons. The molecule has 1 fully saturated rings. The summed E-state index contributed by atoms with van der Waals surface area (Å²) in [5.74, 6) is -0.686. The zero-order valence-electron chi connectivity index (χ0n) is 20.8. The molecule has 0 spiro atoms. The maximum absolute atomic E-state index is 13.2. The van der Waals surface area contributed by atoms with Crippen molar-refractivity contribution in [2.45, 2.75) is 38.1 Å². The van der Waals surface area contributed by atoms with Crippen LogP contribution in [0.2, 0.25) is 5.02 Å². The Morgan fingerprint density at radius 2 is 1.78 bits per heavy atom. The van der Waals surface area contributed by atoms with Crippen LogP contribution < -0.4 is 15.5 Å². The van der Waals surface area contributed by atoms with E-state index in [1.807, 2.05) is 4.90 Å². The Bertz CT molecular complexity index is 1180. The summed E-state index contributed by atoms with van der Waals surface area (Å²) in [7, 11) is -3.73. The monoisotopic (exact) mass is 536 g/mol. The molecule has 11 heteroatoms. The summed E-state index contributed by atoms with van der Waals surface area (Å²) in [4.78, 5) is 27.2. The van der Waals surface area contributed by atoms with Gasteiger partial charge in [0.15, 0.2) is 0 Å². The Hall–Kier alpha value is -2.66. The number of carbonyl (C=O) groups excluding carboxylic acids is 2. The average molecular weight is 537 g/mol. The van der Waals surface area contributed by atoms with Crippen molar-refractivity contribution in [3.63, 3.8) is 0 Å². The topological polar surface area (TPSA) is 108 Å². The van der Waals surface area contributed by atoms with Crippen LogP contribution in [0.4, 0.5) is 11.4 Å². The summed E-state index contributed by atoms with van der Waals surface area (Å²) in [6.45, 7) is 7.89. The van der Waals surface area contributed by atoms with Gasteiger partial charge in [-0.1, -0.05) is 43.6 Å². The molecule has 1 atom stereocenters. The number of anilines is 2. The van der Waals surface area contributed by atoms with E-state index in [-0.39, 0.29) is 23.1 Å². The molecule has 0 aliphatic carbocycles. The predicted octanol–water partition coefficient (Wildman–Crippen LogP) is 3.41. The van der Waals surface area contributed by atoms with Gasteiger partial charge >= 0.3 is 0 Å². The van der Waals surface area contributed by atoms with Crippen LogP contribution in [0.5, 0.6) is 0 Å². The lowest BCUT2D eigenvalue weighted by Gasteiger charge is -2.31. The fraction of sp³-hybridized carbons (Fsp3) is 0.440. The first kappa shape index (κ1) is 27.9. The van der Waals surface area contributed by atoms with E-state index in [4.69, 9.17) is 16.3 Å². The number of morpholine rings is 1. The summed E-state index contributed by atoms with van der Waals surface area (Å²) >= 11 is 6.33. The highest BCUT2D eigenvalue weighted by Gasteiger charge is 2.26. The summed E-state index contributed by atoms with van der Waals surface area (Å²) < 4.78 is 33.1. The minimum absolute atomic E-state index is 0.0844. The average Bonchev–Trinajstić information content (AvgIpc) is 2.84. The van der Waals surface area contributed by atoms with Crippen LogP contribution in [0.1, 0.15) is 38.8 Å². The van der Waals surface area contributed by atoms with E-state index in [0.717, 1.165) is 0 Å². The van der Waals surface area contributed by atoms with Crippen molar-refractivity contribution in [2.75, 3.05) is 49.6 Å². The van der Waals surface area contributed by atoms with Crippen molar-refractivity contribution < 1.29 is 22.7 Å². The molecule has 2 aromatic rings. The Morgan fingerprint density at radius 3 is 2.39 bits per heavy atom. The lowest BCUT2D eigenvalue weighted by Crippen LogP contribution is -2.37. The van der Waals surface area contributed by atoms with E-state index in [1.54, 1.807) is 50.2 Å². The third-order valence-corrected chi connectivity index (χ3v) is 8.37. The van der Waals surface area contributed by atoms with Crippen LogP contribution in [0, 0.1) is 0 Å². The van der Waals surface area contributed by atoms with Crippen LogP contribution in [0.3, 0.4) is 0 Å². The third-order valence-electron chi connectivity index (χ3n) is 5.98. The van der Waals surface area contributed by atoms with Crippen molar-refractivity contribution in [3.8, 4) is 0 Å². The van der Waals surface area contributed by atoms with E-state index in [2.05, 4.69) is 10.6 Å². The maximum Gasteiger partial charge on any atom is 0.243 e. The molecule has 1 unspecified atom stereocenters. The van der Waals surface area contributed by atoms with Crippen molar-refractivity contribution in [1.82, 2.24) is 9.62 Å². The van der Waals surface area contributed by atoms with E-state index in [1.165, 1.54) is 17.3 Å². The molecule has 2 aromatic carbocycles. The molecule has 36 heavy (non-hydrogen) atoms. The number of carbonyl (C=O) groups is 2. The summed E-state index contributed by atoms with van der Waals surface area (Å²) in [6.07, 6.45) is -0.0844. The highest BCUT2D eigenvalue weighted by molar-refractivity contribution is 7.89. The molecule has 2 N–H and O–H groups in total. The highest BCUT2D eigenvalue weighted by Crippen LogP contribution is 2.32. The zero-order chi connectivity index (χ0) is 26.3. The Labute approximate surface area is 217 Å². The third kappa shape index (κ3) is 6.76. The Kier molecular flexibility index (Phi) is 9.72. The van der Waals surface area contributed by atoms with Gasteiger partial charge in [0.25, 0.3) is 0 Å². The predicted molar refractivity (Wildman–Crippen MR) is 141 cm³/mol. The van der Waals surface area contributed by atoms with E-state index < -0.39 is 16.1 Å². The SMILES string of the molecule is CCN(CC)S(=O)(=O)c1ccc(N2CCOCC2)c(NC(=O)CC(NC(C)=O)c2ccccc2Cl)c1. The van der Waals surface area contributed by atoms with Gasteiger partial charge in [-0.2, -0.15) is 4.31 Å². The van der Waals surface area contributed by atoms with Gasteiger partial charge in [-0.15, -0.1) is 0 Å². The number of amides is 2. The van der Waals surface area contributed by atoms with Gasteiger partial charge in [0.2, 0.25) is 21.8 Å². The normalized spacial score (nSPS) is 15.0. The number of rotatable bonds is 10. The Morgan fingerprint density at radius 1 is 1.11 bits per heavy atom. The number of benzene rings is 2. The zero-order valence-corrected chi connectivity index (χ0v) is 22.4. The fourth-order valence-corrected chi connectivity index (χ4v) is 5.95. The van der Waals surface area contributed by atoms with E-state index >= 15 is 0 Å². The summed E-state index contributed by atoms with van der Waals surface area (Å²) in [6, 6.07) is 11.1. The molecular weight excluding hydrogens is 504 g/mol. The van der Waals surface area contributed by atoms with E-state index in [9.17, 15) is 18.0 Å². The number of hydrogen-bond acceptors (Lipinski definition) is 6. The summed E-state index contributed by atoms with van der Waals surface area (Å²) in [5.41, 5.74) is 1.71. The number of ether oxygens (including phenoxy) is 1. The molecule has 1 saturated heterocycles. The molecule has 1 aliphatic rings. The second-order valence-corrected chi connectivity index (χ2v) is 10.7. The molecule has 3 rings (SSSR count). The molecule has 0 aromatic heterocycles. The number of nitrogens with one attached hydrogen (secondary N) is 2. The molecule has 196 valence electrons. The minimum Gasteiger partial charge on any atom is -0.378 e. The van der Waals surface area contributed by atoms with Gasteiger partial charge in [-0.25, -0.2) is 8.42 Å². The molecular formula is C25H33ClN4O5S. The van der Waals surface area contributed by atoms with E-state index in [0.29, 0.717) is 61.4 Å². The lowest BCUT2D eigenvalue weighted by molar-refractivity contribution is -0.120. The molecule has 2 amide bonds. The van der Waals surface area contributed by atoms with Crippen LogP contribution in [-0.2, 0) is 24.3 Å². The maximum atomic E-state index is 13.2. The van der Waals surface area contributed by atoms with Gasteiger partial charge in [-0.05, 0) is 29.8 Å². The number of hydrogen-bond donors (Lipinski definition) is 2. The lowest BCUT2D eigenvalue weighted by atomic mass is 10.0. The van der Waals surface area contributed by atoms with Gasteiger partial charge < -0.3 is 20.3 Å². The highest BCUT2D eigenvalue weighted by atomic mass is 35.5. The standard InChI is InChI=1S/C25H33ClN4O5S/c1-4-30(5-2)36(33,34)19-10-11-24(29-12-14-35-15-13-29)23(16-19)28-25(32)17-22(27-18(3)31)20-8-6-7-9-21(20)26/h6-11,16,22H,4-5,12-15,17H2,1-3H3,(H,27,31)(H,28,32). The van der Waals surface area contributed by atoms with Crippen LogP contribution >= 0.6 is 11.6 Å². The van der Waals surface area contributed by atoms with Gasteiger partial charge in [-0.3, -0.25) is 9.59 Å². The molecule has 1 heterocycles. The second-order valence-electron chi connectivity index (χ2n) is 8.39. The summed E-state index contributed by atoms with van der Waals surface area (Å²) in [5, 5.41) is 6.11. The largest absolute Gasteiger partial charge is 0.378 e. The van der Waals surface area contributed by atoms with Crippen molar-refractivity contribution in [2.24, 2.45) is 0 Å².